The Balaban J connectivity index is 2.41. The monoisotopic (exact) mass is 232 g/mol. The van der Waals surface area contributed by atoms with Gasteiger partial charge in [-0.3, -0.25) is 0 Å². The maximum Gasteiger partial charge on any atom is 0.353 e. The molecule has 2 rings (SSSR count). The highest BCUT2D eigenvalue weighted by Crippen LogP contribution is 2.48. The number of alkyl halides is 4. The smallest absolute Gasteiger partial charge is 0.353 e. The van der Waals surface area contributed by atoms with Crippen LogP contribution >= 0.6 is 0 Å². The summed E-state index contributed by atoms with van der Waals surface area (Å²) in [7, 11) is 0. The Hall–Kier alpha value is -1.52. The van der Waals surface area contributed by atoms with Crippen molar-refractivity contribution >= 4 is 0 Å². The van der Waals surface area contributed by atoms with E-state index in [0.717, 1.165) is 0 Å². The quantitative estimate of drug-likeness (QED) is 0.673. The van der Waals surface area contributed by atoms with E-state index >= 15 is 0 Å². The fraction of sp³-hybridized carbons (Fsp3) is 0.273. The number of hydrogen-bond donors (Lipinski definition) is 0. The molecule has 1 aliphatic rings. The van der Waals surface area contributed by atoms with Crippen LogP contribution in [-0.4, -0.2) is 11.8 Å². The zero-order valence-corrected chi connectivity index (χ0v) is 8.04. The van der Waals surface area contributed by atoms with Crippen LogP contribution in [0.4, 0.5) is 17.6 Å². The van der Waals surface area contributed by atoms with E-state index in [2.05, 4.69) is 4.74 Å². The fourth-order valence-corrected chi connectivity index (χ4v) is 1.49. The summed E-state index contributed by atoms with van der Waals surface area (Å²) in [5.41, 5.74) is 0.0246. The predicted molar refractivity (Wildman–Crippen MR) is 49.3 cm³/mol. The second-order valence-electron chi connectivity index (χ2n) is 3.48. The molecule has 0 saturated heterocycles. The molecule has 1 unspecified atom stereocenters. The van der Waals surface area contributed by atoms with Gasteiger partial charge in [0.25, 0.3) is 0 Å². The Morgan fingerprint density at radius 1 is 1.00 bits per heavy atom. The molecule has 1 heterocycles. The molecule has 86 valence electrons. The van der Waals surface area contributed by atoms with Gasteiger partial charge < -0.3 is 4.74 Å². The molecule has 1 atom stereocenters. The van der Waals surface area contributed by atoms with Crippen molar-refractivity contribution in [3.63, 3.8) is 0 Å². The van der Waals surface area contributed by atoms with Crippen molar-refractivity contribution in [2.45, 2.75) is 17.9 Å². The van der Waals surface area contributed by atoms with Crippen LogP contribution < -0.4 is 0 Å². The minimum Gasteiger partial charge on any atom is -0.487 e. The fourth-order valence-electron chi connectivity index (χ4n) is 1.49. The highest BCUT2D eigenvalue weighted by Gasteiger charge is 2.63. The van der Waals surface area contributed by atoms with Crippen LogP contribution in [0, 0.1) is 0 Å². The third-order valence-corrected chi connectivity index (χ3v) is 2.37. The summed E-state index contributed by atoms with van der Waals surface area (Å²) >= 11 is 0. The summed E-state index contributed by atoms with van der Waals surface area (Å²) in [4.78, 5) is 0. The van der Waals surface area contributed by atoms with Gasteiger partial charge in [0, 0.05) is 6.08 Å². The van der Waals surface area contributed by atoms with Crippen LogP contribution in [0.3, 0.4) is 0 Å². The molecular formula is C11H8F4O. The number of ether oxygens (including phenoxy) is 1. The van der Waals surface area contributed by atoms with E-state index < -0.39 is 17.9 Å². The SMILES string of the molecule is FC1(F)C=COC(c2ccccc2)C1(F)F. The van der Waals surface area contributed by atoms with Crippen LogP contribution in [0.25, 0.3) is 0 Å². The first-order valence-corrected chi connectivity index (χ1v) is 4.59. The van der Waals surface area contributed by atoms with Gasteiger partial charge >= 0.3 is 11.8 Å². The zero-order chi connectivity index (χ0) is 11.8. The molecule has 0 N–H and O–H groups in total. The van der Waals surface area contributed by atoms with Gasteiger partial charge in [0.15, 0.2) is 6.10 Å². The number of rotatable bonds is 1. The Labute approximate surface area is 89.3 Å². The number of hydrogen-bond acceptors (Lipinski definition) is 1. The van der Waals surface area contributed by atoms with Gasteiger partial charge in [0.1, 0.15) is 0 Å². The summed E-state index contributed by atoms with van der Waals surface area (Å²) < 4.78 is 57.4. The molecule has 1 nitrogen and oxygen atoms in total. The molecule has 1 aromatic carbocycles. The first-order chi connectivity index (χ1) is 7.45. The van der Waals surface area contributed by atoms with Crippen molar-refractivity contribution in [1.29, 1.82) is 0 Å². The van der Waals surface area contributed by atoms with Gasteiger partial charge in [0.05, 0.1) is 6.26 Å². The van der Waals surface area contributed by atoms with E-state index in [9.17, 15) is 17.6 Å². The largest absolute Gasteiger partial charge is 0.487 e. The molecule has 1 aliphatic heterocycles. The van der Waals surface area contributed by atoms with Crippen LogP contribution in [0.15, 0.2) is 42.7 Å². The standard InChI is InChI=1S/C11H8F4O/c12-10(13)6-7-16-9(11(10,14)15)8-4-2-1-3-5-8/h1-7,9H. The topological polar surface area (TPSA) is 9.23 Å². The van der Waals surface area contributed by atoms with Crippen LogP contribution in [0.1, 0.15) is 11.7 Å². The molecular weight excluding hydrogens is 224 g/mol. The number of allylic oxidation sites excluding steroid dienone is 1. The van der Waals surface area contributed by atoms with Crippen molar-refractivity contribution in [2.24, 2.45) is 0 Å². The Bertz CT molecular complexity index is 400. The molecule has 0 fully saturated rings. The van der Waals surface area contributed by atoms with Gasteiger partial charge in [-0.1, -0.05) is 30.3 Å². The second-order valence-corrected chi connectivity index (χ2v) is 3.48. The molecule has 0 aromatic heterocycles. The molecule has 0 bridgehead atoms. The lowest BCUT2D eigenvalue weighted by molar-refractivity contribution is -0.246. The van der Waals surface area contributed by atoms with Crippen molar-refractivity contribution in [3.8, 4) is 0 Å². The highest BCUT2D eigenvalue weighted by molar-refractivity contribution is 5.24. The summed E-state index contributed by atoms with van der Waals surface area (Å²) in [6.07, 6.45) is -1.25. The van der Waals surface area contributed by atoms with E-state index in [1.165, 1.54) is 24.3 Å². The molecule has 1 aromatic rings. The summed E-state index contributed by atoms with van der Waals surface area (Å²) in [6, 6.07) is 7.25. The van der Waals surface area contributed by atoms with Gasteiger partial charge in [-0.15, -0.1) is 0 Å². The van der Waals surface area contributed by atoms with Gasteiger partial charge in [-0.05, 0) is 5.56 Å². The molecule has 16 heavy (non-hydrogen) atoms. The second kappa shape index (κ2) is 3.50. The van der Waals surface area contributed by atoms with Crippen molar-refractivity contribution in [1.82, 2.24) is 0 Å². The van der Waals surface area contributed by atoms with Crippen molar-refractivity contribution in [2.75, 3.05) is 0 Å². The number of benzene rings is 1. The van der Waals surface area contributed by atoms with Crippen LogP contribution in [0.5, 0.6) is 0 Å². The molecule has 0 aliphatic carbocycles. The average Bonchev–Trinajstić information content (AvgIpc) is 2.23. The summed E-state index contributed by atoms with van der Waals surface area (Å²) in [6.45, 7) is 0. The minimum absolute atomic E-state index is 0.0246. The Morgan fingerprint density at radius 3 is 2.25 bits per heavy atom. The van der Waals surface area contributed by atoms with Gasteiger partial charge in [-0.2, -0.15) is 17.6 Å². The lowest BCUT2D eigenvalue weighted by Crippen LogP contribution is -2.46. The first-order valence-electron chi connectivity index (χ1n) is 4.59. The maximum absolute atomic E-state index is 13.4. The minimum atomic E-state index is -4.25. The molecule has 0 saturated carbocycles. The normalized spacial score (nSPS) is 26.1. The Kier molecular flexibility index (Phi) is 2.40. The molecule has 0 spiro atoms. The van der Waals surface area contributed by atoms with Gasteiger partial charge in [-0.25, -0.2) is 0 Å². The average molecular weight is 232 g/mol. The van der Waals surface area contributed by atoms with E-state index in [1.807, 2.05) is 0 Å². The maximum atomic E-state index is 13.4. The van der Waals surface area contributed by atoms with E-state index in [4.69, 9.17) is 0 Å². The van der Waals surface area contributed by atoms with Crippen molar-refractivity contribution < 1.29 is 22.3 Å². The first kappa shape index (κ1) is 11.0. The van der Waals surface area contributed by atoms with Crippen LogP contribution in [-0.2, 0) is 4.74 Å². The van der Waals surface area contributed by atoms with Gasteiger partial charge in [0.2, 0.25) is 0 Å². The summed E-state index contributed by atoms with van der Waals surface area (Å²) in [5, 5.41) is 0. The predicted octanol–water partition coefficient (Wildman–Crippen LogP) is 3.54. The molecule has 0 radical (unpaired) electrons. The Morgan fingerprint density at radius 2 is 1.62 bits per heavy atom. The lowest BCUT2D eigenvalue weighted by Gasteiger charge is -2.34. The molecule has 0 amide bonds. The highest BCUT2D eigenvalue weighted by atomic mass is 19.3. The van der Waals surface area contributed by atoms with Crippen molar-refractivity contribution in [3.05, 3.63) is 48.2 Å². The zero-order valence-electron chi connectivity index (χ0n) is 8.04. The lowest BCUT2D eigenvalue weighted by atomic mass is 9.97. The van der Waals surface area contributed by atoms with E-state index in [1.54, 1.807) is 6.07 Å². The third-order valence-electron chi connectivity index (χ3n) is 2.37. The van der Waals surface area contributed by atoms with E-state index in [0.29, 0.717) is 6.26 Å². The summed E-state index contributed by atoms with van der Waals surface area (Å²) in [5.74, 6) is -8.44. The molecule has 5 heteroatoms. The third kappa shape index (κ3) is 1.56. The number of halogens is 4. The van der Waals surface area contributed by atoms with E-state index in [-0.39, 0.29) is 11.6 Å². The van der Waals surface area contributed by atoms with Crippen LogP contribution in [0.2, 0.25) is 0 Å².